The summed E-state index contributed by atoms with van der Waals surface area (Å²) in [5, 5.41) is 7.93. The molecule has 33 heavy (non-hydrogen) atoms. The summed E-state index contributed by atoms with van der Waals surface area (Å²) in [7, 11) is 0. The lowest BCUT2D eigenvalue weighted by Gasteiger charge is -2.34. The van der Waals surface area contributed by atoms with Crippen LogP contribution < -0.4 is 5.32 Å². The first-order chi connectivity index (χ1) is 15.8. The standard InChI is InChI=1S/C24H27ClN6O2/c1-16(2)22-19(15-27-31(22)21-6-4-5-9-26-21)23(32)29-10-12-30(13-11-29)24(33)28-18-8-7-17(3)20(25)14-18/h4-9,14-16H,10-13H2,1-3H3,(H,28,33). The number of carbonyl (C=O) groups excluding carboxylic acids is 2. The number of rotatable bonds is 4. The maximum atomic E-state index is 13.3. The molecule has 0 radical (unpaired) electrons. The molecule has 1 aromatic carbocycles. The second-order valence-corrected chi connectivity index (χ2v) is 8.78. The van der Waals surface area contributed by atoms with E-state index in [1.165, 1.54) is 0 Å². The van der Waals surface area contributed by atoms with Crippen molar-refractivity contribution < 1.29 is 9.59 Å². The first kappa shape index (κ1) is 22.8. The van der Waals surface area contributed by atoms with Crippen molar-refractivity contribution in [1.29, 1.82) is 0 Å². The first-order valence-corrected chi connectivity index (χ1v) is 11.3. The average molecular weight is 467 g/mol. The topological polar surface area (TPSA) is 83.4 Å². The minimum Gasteiger partial charge on any atom is -0.335 e. The molecule has 3 aromatic rings. The largest absolute Gasteiger partial charge is 0.335 e. The molecule has 172 valence electrons. The summed E-state index contributed by atoms with van der Waals surface area (Å²) in [4.78, 5) is 33.8. The molecule has 0 atom stereocenters. The smallest absolute Gasteiger partial charge is 0.321 e. The number of halogens is 1. The van der Waals surface area contributed by atoms with Gasteiger partial charge in [0.25, 0.3) is 5.91 Å². The van der Waals surface area contributed by atoms with E-state index in [2.05, 4.69) is 15.4 Å². The molecule has 0 saturated carbocycles. The Morgan fingerprint density at radius 1 is 1.06 bits per heavy atom. The number of carbonyl (C=O) groups is 2. The molecule has 1 fully saturated rings. The molecular formula is C24H27ClN6O2. The first-order valence-electron chi connectivity index (χ1n) is 11.0. The third kappa shape index (κ3) is 4.85. The monoisotopic (exact) mass is 466 g/mol. The molecule has 2 aromatic heterocycles. The van der Waals surface area contributed by atoms with E-state index in [-0.39, 0.29) is 17.9 Å². The zero-order valence-electron chi connectivity index (χ0n) is 19.0. The van der Waals surface area contributed by atoms with Crippen molar-refractivity contribution in [2.24, 2.45) is 0 Å². The number of aryl methyl sites for hydroxylation is 1. The molecule has 1 aliphatic heterocycles. The summed E-state index contributed by atoms with van der Waals surface area (Å²) < 4.78 is 1.73. The molecule has 1 aliphatic rings. The van der Waals surface area contributed by atoms with Crippen LogP contribution in [0, 0.1) is 6.92 Å². The number of aromatic nitrogens is 3. The van der Waals surface area contributed by atoms with Gasteiger partial charge in [0.05, 0.1) is 17.5 Å². The Balaban J connectivity index is 1.43. The van der Waals surface area contributed by atoms with Crippen molar-refractivity contribution in [3.05, 3.63) is 70.6 Å². The SMILES string of the molecule is Cc1ccc(NC(=O)N2CCN(C(=O)c3cnn(-c4ccccn4)c3C(C)C)CC2)cc1Cl. The predicted octanol–water partition coefficient (Wildman–Crippen LogP) is 4.34. The Labute approximate surface area is 198 Å². The quantitative estimate of drug-likeness (QED) is 0.619. The normalized spacial score (nSPS) is 14.0. The maximum Gasteiger partial charge on any atom is 0.321 e. The number of nitrogens with zero attached hydrogens (tertiary/aromatic N) is 5. The minimum absolute atomic E-state index is 0.0775. The van der Waals surface area contributed by atoms with Gasteiger partial charge in [-0.2, -0.15) is 5.10 Å². The van der Waals surface area contributed by atoms with Crippen LogP contribution in [-0.4, -0.2) is 62.7 Å². The van der Waals surface area contributed by atoms with E-state index in [1.807, 2.05) is 51.1 Å². The highest BCUT2D eigenvalue weighted by molar-refractivity contribution is 6.31. The van der Waals surface area contributed by atoms with E-state index in [4.69, 9.17) is 11.6 Å². The number of hydrogen-bond donors (Lipinski definition) is 1. The molecule has 8 nitrogen and oxygen atoms in total. The zero-order chi connectivity index (χ0) is 23.5. The third-order valence-electron chi connectivity index (χ3n) is 5.73. The highest BCUT2D eigenvalue weighted by Gasteiger charge is 2.29. The average Bonchev–Trinajstić information content (AvgIpc) is 3.27. The number of piperazine rings is 1. The molecule has 3 heterocycles. The second-order valence-electron chi connectivity index (χ2n) is 8.37. The van der Waals surface area contributed by atoms with Gasteiger partial charge in [0.2, 0.25) is 0 Å². The number of hydrogen-bond acceptors (Lipinski definition) is 4. The van der Waals surface area contributed by atoms with Crippen LogP contribution in [-0.2, 0) is 0 Å². The minimum atomic E-state index is -0.201. The number of anilines is 1. The fourth-order valence-electron chi connectivity index (χ4n) is 3.90. The van der Waals surface area contributed by atoms with Gasteiger partial charge < -0.3 is 15.1 Å². The molecule has 0 spiro atoms. The predicted molar refractivity (Wildman–Crippen MR) is 128 cm³/mol. The molecule has 9 heteroatoms. The van der Waals surface area contributed by atoms with Crippen molar-refractivity contribution in [3.8, 4) is 5.82 Å². The summed E-state index contributed by atoms with van der Waals surface area (Å²) in [5.41, 5.74) is 3.00. The molecule has 1 saturated heterocycles. The fourth-order valence-corrected chi connectivity index (χ4v) is 4.08. The van der Waals surface area contributed by atoms with E-state index >= 15 is 0 Å². The van der Waals surface area contributed by atoms with E-state index in [9.17, 15) is 9.59 Å². The highest BCUT2D eigenvalue weighted by atomic mass is 35.5. The van der Waals surface area contributed by atoms with Gasteiger partial charge in [0.15, 0.2) is 5.82 Å². The Hall–Kier alpha value is -3.39. The fraction of sp³-hybridized carbons (Fsp3) is 0.333. The van der Waals surface area contributed by atoms with Gasteiger partial charge in [-0.3, -0.25) is 4.79 Å². The number of nitrogens with one attached hydrogen (secondary N) is 1. The maximum absolute atomic E-state index is 13.3. The van der Waals surface area contributed by atoms with Gasteiger partial charge in [-0.25, -0.2) is 14.5 Å². The van der Waals surface area contributed by atoms with Gasteiger partial charge in [-0.1, -0.05) is 37.6 Å². The Kier molecular flexibility index (Phi) is 6.65. The van der Waals surface area contributed by atoms with E-state index in [0.29, 0.717) is 48.3 Å². The number of pyridine rings is 1. The lowest BCUT2D eigenvalue weighted by molar-refractivity contribution is 0.0670. The van der Waals surface area contributed by atoms with E-state index < -0.39 is 0 Å². The number of amides is 3. The Morgan fingerprint density at radius 2 is 1.79 bits per heavy atom. The molecule has 0 aliphatic carbocycles. The summed E-state index contributed by atoms with van der Waals surface area (Å²) in [5.74, 6) is 0.686. The van der Waals surface area contributed by atoms with E-state index in [1.54, 1.807) is 32.9 Å². The summed E-state index contributed by atoms with van der Waals surface area (Å²) in [6, 6.07) is 10.8. The number of urea groups is 1. The van der Waals surface area contributed by atoms with E-state index in [0.717, 1.165) is 11.3 Å². The van der Waals surface area contributed by atoms with Crippen LogP contribution in [0.5, 0.6) is 0 Å². The molecule has 4 rings (SSSR count). The van der Waals surface area contributed by atoms with Gasteiger partial charge >= 0.3 is 6.03 Å². The molecule has 3 amide bonds. The molecular weight excluding hydrogens is 440 g/mol. The van der Waals surface area contributed by atoms with Crippen molar-refractivity contribution in [2.45, 2.75) is 26.7 Å². The van der Waals surface area contributed by atoms with Crippen LogP contribution in [0.2, 0.25) is 5.02 Å². The van der Waals surface area contributed by atoms with Crippen molar-refractivity contribution in [3.63, 3.8) is 0 Å². The van der Waals surface area contributed by atoms with Crippen molar-refractivity contribution >= 4 is 29.2 Å². The summed E-state index contributed by atoms with van der Waals surface area (Å²) in [6.45, 7) is 7.78. The van der Waals surface area contributed by atoms with Crippen LogP contribution >= 0.6 is 11.6 Å². The lowest BCUT2D eigenvalue weighted by Crippen LogP contribution is -2.51. The molecule has 0 unspecified atom stereocenters. The van der Waals surface area contributed by atoms with Crippen LogP contribution in [0.25, 0.3) is 5.82 Å². The van der Waals surface area contributed by atoms with Crippen LogP contribution in [0.4, 0.5) is 10.5 Å². The van der Waals surface area contributed by atoms with Gasteiger partial charge in [0, 0.05) is 43.1 Å². The van der Waals surface area contributed by atoms with Crippen molar-refractivity contribution in [1.82, 2.24) is 24.6 Å². The van der Waals surface area contributed by atoms with Gasteiger partial charge in [-0.15, -0.1) is 0 Å². The molecule has 0 bridgehead atoms. The Morgan fingerprint density at radius 3 is 2.42 bits per heavy atom. The summed E-state index contributed by atoms with van der Waals surface area (Å²) >= 11 is 6.15. The van der Waals surface area contributed by atoms with Crippen LogP contribution in [0.3, 0.4) is 0 Å². The highest BCUT2D eigenvalue weighted by Crippen LogP contribution is 2.24. The van der Waals surface area contributed by atoms with Gasteiger partial charge in [0.1, 0.15) is 0 Å². The number of benzene rings is 1. The van der Waals surface area contributed by atoms with Crippen molar-refractivity contribution in [2.75, 3.05) is 31.5 Å². The lowest BCUT2D eigenvalue weighted by atomic mass is 10.0. The van der Waals surface area contributed by atoms with Crippen LogP contribution in [0.15, 0.2) is 48.8 Å². The van der Waals surface area contributed by atoms with Crippen LogP contribution in [0.1, 0.15) is 41.4 Å². The van der Waals surface area contributed by atoms with Gasteiger partial charge in [-0.05, 0) is 42.7 Å². The zero-order valence-corrected chi connectivity index (χ0v) is 19.7. The third-order valence-corrected chi connectivity index (χ3v) is 6.13. The Bertz CT molecular complexity index is 1150. The summed E-state index contributed by atoms with van der Waals surface area (Å²) in [6.07, 6.45) is 3.32. The molecule has 1 N–H and O–H groups in total. The second kappa shape index (κ2) is 9.62.